The second kappa shape index (κ2) is 9.35. The van der Waals surface area contributed by atoms with E-state index in [-0.39, 0.29) is 11.8 Å². The number of rotatable bonds is 6. The van der Waals surface area contributed by atoms with Crippen LogP contribution in [0.4, 0.5) is 5.69 Å². The van der Waals surface area contributed by atoms with Crippen LogP contribution in [0, 0.1) is 5.92 Å². The Kier molecular flexibility index (Phi) is 6.40. The van der Waals surface area contributed by atoms with Crippen molar-refractivity contribution in [2.75, 3.05) is 31.6 Å². The topological polar surface area (TPSA) is 41.6 Å². The van der Waals surface area contributed by atoms with Gasteiger partial charge in [-0.2, -0.15) is 0 Å². The number of anilines is 1. The number of hydrogen-bond acceptors (Lipinski definition) is 3. The van der Waals surface area contributed by atoms with Crippen molar-refractivity contribution in [3.8, 4) is 0 Å². The zero-order valence-electron chi connectivity index (χ0n) is 16.5. The van der Waals surface area contributed by atoms with E-state index in [1.54, 1.807) is 0 Å². The third-order valence-electron chi connectivity index (χ3n) is 6.09. The van der Waals surface area contributed by atoms with Gasteiger partial charge in [-0.25, -0.2) is 0 Å². The second-order valence-corrected chi connectivity index (χ2v) is 7.97. The van der Waals surface area contributed by atoms with Crippen molar-refractivity contribution < 1.29 is 9.53 Å². The first kappa shape index (κ1) is 19.2. The number of carbonyl (C=O) groups is 1. The van der Waals surface area contributed by atoms with E-state index in [0.717, 1.165) is 56.9 Å². The number of amides is 1. The molecule has 1 saturated carbocycles. The molecular formula is C24H30N2O2. The van der Waals surface area contributed by atoms with Crippen LogP contribution in [0.5, 0.6) is 0 Å². The molecule has 2 aromatic carbocycles. The van der Waals surface area contributed by atoms with E-state index in [1.165, 1.54) is 18.4 Å². The third kappa shape index (κ3) is 4.62. The first-order valence-electron chi connectivity index (χ1n) is 10.5. The predicted octanol–water partition coefficient (Wildman–Crippen LogP) is 4.43. The molecule has 148 valence electrons. The number of ether oxygens (including phenoxy) is 1. The Morgan fingerprint density at radius 2 is 1.68 bits per heavy atom. The molecule has 1 amide bonds. The average molecular weight is 379 g/mol. The number of morpholine rings is 1. The lowest BCUT2D eigenvalue weighted by Crippen LogP contribution is -2.36. The molecule has 1 heterocycles. The Labute approximate surface area is 167 Å². The van der Waals surface area contributed by atoms with Gasteiger partial charge in [0.15, 0.2) is 0 Å². The van der Waals surface area contributed by atoms with Gasteiger partial charge < -0.3 is 10.1 Å². The molecular weight excluding hydrogens is 348 g/mol. The van der Waals surface area contributed by atoms with Crippen LogP contribution in [-0.4, -0.2) is 37.1 Å². The summed E-state index contributed by atoms with van der Waals surface area (Å²) in [6.45, 7) is 4.30. The molecule has 0 bridgehead atoms. The second-order valence-electron chi connectivity index (χ2n) is 7.97. The molecule has 4 nitrogen and oxygen atoms in total. The van der Waals surface area contributed by atoms with Crippen molar-refractivity contribution in [3.05, 3.63) is 65.7 Å². The molecule has 1 atom stereocenters. The van der Waals surface area contributed by atoms with E-state index in [4.69, 9.17) is 4.74 Å². The molecule has 2 fully saturated rings. The third-order valence-corrected chi connectivity index (χ3v) is 6.09. The number of benzene rings is 2. The zero-order chi connectivity index (χ0) is 19.2. The van der Waals surface area contributed by atoms with Crippen molar-refractivity contribution in [2.45, 2.75) is 38.1 Å². The predicted molar refractivity (Wildman–Crippen MR) is 112 cm³/mol. The average Bonchev–Trinajstić information content (AvgIpc) is 3.25. The van der Waals surface area contributed by atoms with Crippen LogP contribution in [0.3, 0.4) is 0 Å². The van der Waals surface area contributed by atoms with Crippen molar-refractivity contribution in [3.63, 3.8) is 0 Å². The zero-order valence-corrected chi connectivity index (χ0v) is 16.5. The van der Waals surface area contributed by atoms with E-state index in [2.05, 4.69) is 34.5 Å². The van der Waals surface area contributed by atoms with Crippen LogP contribution in [0.1, 0.15) is 42.7 Å². The van der Waals surface area contributed by atoms with Crippen molar-refractivity contribution in [2.24, 2.45) is 5.92 Å². The highest BCUT2D eigenvalue weighted by Crippen LogP contribution is 2.38. The van der Waals surface area contributed by atoms with Gasteiger partial charge >= 0.3 is 0 Å². The normalized spacial score (nSPS) is 19.4. The van der Waals surface area contributed by atoms with Crippen LogP contribution in [0.2, 0.25) is 0 Å². The van der Waals surface area contributed by atoms with E-state index < -0.39 is 0 Å². The molecule has 4 rings (SSSR count). The van der Waals surface area contributed by atoms with Crippen LogP contribution in [-0.2, 0) is 16.1 Å². The fourth-order valence-electron chi connectivity index (χ4n) is 4.58. The van der Waals surface area contributed by atoms with E-state index in [1.807, 2.05) is 30.3 Å². The largest absolute Gasteiger partial charge is 0.379 e. The molecule has 1 aliphatic heterocycles. The van der Waals surface area contributed by atoms with E-state index in [0.29, 0.717) is 5.92 Å². The summed E-state index contributed by atoms with van der Waals surface area (Å²) < 4.78 is 5.46. The molecule has 1 unspecified atom stereocenters. The highest BCUT2D eigenvalue weighted by atomic mass is 16.5. The maximum absolute atomic E-state index is 13.4. The number of carbonyl (C=O) groups excluding carboxylic acids is 1. The summed E-state index contributed by atoms with van der Waals surface area (Å²) in [5.41, 5.74) is 3.26. The Morgan fingerprint density at radius 1 is 1.00 bits per heavy atom. The van der Waals surface area contributed by atoms with Gasteiger partial charge in [0, 0.05) is 25.3 Å². The minimum Gasteiger partial charge on any atom is -0.379 e. The highest BCUT2D eigenvalue weighted by molar-refractivity contribution is 5.96. The SMILES string of the molecule is O=C(Nc1ccccc1CN1CCOCC1)C(c1ccccc1)C1CCCC1. The van der Waals surface area contributed by atoms with Crippen LogP contribution in [0.15, 0.2) is 54.6 Å². The van der Waals surface area contributed by atoms with Gasteiger partial charge in [-0.15, -0.1) is 0 Å². The molecule has 28 heavy (non-hydrogen) atoms. The van der Waals surface area contributed by atoms with Crippen LogP contribution in [0.25, 0.3) is 0 Å². The molecule has 0 radical (unpaired) electrons. The maximum Gasteiger partial charge on any atom is 0.232 e. The van der Waals surface area contributed by atoms with Crippen LogP contribution >= 0.6 is 0 Å². The number of hydrogen-bond donors (Lipinski definition) is 1. The van der Waals surface area contributed by atoms with Gasteiger partial charge in [-0.1, -0.05) is 61.4 Å². The number of nitrogens with zero attached hydrogens (tertiary/aromatic N) is 1. The summed E-state index contributed by atoms with van der Waals surface area (Å²) in [4.78, 5) is 15.8. The molecule has 1 saturated heterocycles. The van der Waals surface area contributed by atoms with Crippen molar-refractivity contribution in [1.82, 2.24) is 4.90 Å². The summed E-state index contributed by atoms with van der Waals surface area (Å²) in [6.07, 6.45) is 4.74. The number of para-hydroxylation sites is 1. The molecule has 1 N–H and O–H groups in total. The summed E-state index contributed by atoms with van der Waals surface area (Å²) in [5.74, 6) is 0.501. The van der Waals surface area contributed by atoms with Gasteiger partial charge in [0.2, 0.25) is 5.91 Å². The Hall–Kier alpha value is -2.17. The summed E-state index contributed by atoms with van der Waals surface area (Å²) in [6, 6.07) is 18.5. The minimum absolute atomic E-state index is 0.0693. The molecule has 1 aliphatic carbocycles. The highest BCUT2D eigenvalue weighted by Gasteiger charge is 2.32. The van der Waals surface area contributed by atoms with Gasteiger partial charge in [-0.3, -0.25) is 9.69 Å². The molecule has 2 aromatic rings. The smallest absolute Gasteiger partial charge is 0.232 e. The summed E-state index contributed by atoms with van der Waals surface area (Å²) >= 11 is 0. The van der Waals surface area contributed by atoms with Crippen LogP contribution < -0.4 is 5.32 Å². The van der Waals surface area contributed by atoms with Gasteiger partial charge in [0.1, 0.15) is 0 Å². The minimum atomic E-state index is -0.0693. The maximum atomic E-state index is 13.4. The lowest BCUT2D eigenvalue weighted by Gasteiger charge is -2.28. The van der Waals surface area contributed by atoms with Gasteiger partial charge in [0.05, 0.1) is 19.1 Å². The Balaban J connectivity index is 1.52. The van der Waals surface area contributed by atoms with E-state index in [9.17, 15) is 4.79 Å². The van der Waals surface area contributed by atoms with Gasteiger partial charge in [0.25, 0.3) is 0 Å². The quantitative estimate of drug-likeness (QED) is 0.808. The first-order chi connectivity index (χ1) is 13.8. The monoisotopic (exact) mass is 378 g/mol. The lowest BCUT2D eigenvalue weighted by atomic mass is 9.84. The summed E-state index contributed by atoms with van der Waals surface area (Å²) in [7, 11) is 0. The molecule has 0 spiro atoms. The van der Waals surface area contributed by atoms with Gasteiger partial charge in [-0.05, 0) is 36.0 Å². The fraction of sp³-hybridized carbons (Fsp3) is 0.458. The Morgan fingerprint density at radius 3 is 2.43 bits per heavy atom. The van der Waals surface area contributed by atoms with E-state index >= 15 is 0 Å². The fourth-order valence-corrected chi connectivity index (χ4v) is 4.58. The number of nitrogens with one attached hydrogen (secondary N) is 1. The van der Waals surface area contributed by atoms with Crippen molar-refractivity contribution in [1.29, 1.82) is 0 Å². The standard InChI is InChI=1S/C24H30N2O2/c27-24(23(20-10-4-5-11-20)19-8-2-1-3-9-19)25-22-13-7-6-12-21(22)18-26-14-16-28-17-15-26/h1-3,6-9,12-13,20,23H,4-5,10-11,14-18H2,(H,25,27). The van der Waals surface area contributed by atoms with Crippen molar-refractivity contribution >= 4 is 11.6 Å². The molecule has 0 aromatic heterocycles. The molecule has 4 heteroatoms. The molecule has 2 aliphatic rings. The first-order valence-corrected chi connectivity index (χ1v) is 10.5. The Bertz CT molecular complexity index is 765. The lowest BCUT2D eigenvalue weighted by molar-refractivity contribution is -0.118. The summed E-state index contributed by atoms with van der Waals surface area (Å²) in [5, 5.41) is 3.28.